The van der Waals surface area contributed by atoms with E-state index in [1.165, 1.54) is 31.7 Å². The summed E-state index contributed by atoms with van der Waals surface area (Å²) in [6.45, 7) is 2.50. The van der Waals surface area contributed by atoms with Crippen molar-refractivity contribution in [2.45, 2.75) is 51.9 Å². The van der Waals surface area contributed by atoms with Crippen molar-refractivity contribution in [1.29, 1.82) is 0 Å². The van der Waals surface area contributed by atoms with Gasteiger partial charge in [-0.25, -0.2) is 13.6 Å². The van der Waals surface area contributed by atoms with E-state index in [1.54, 1.807) is 0 Å². The van der Waals surface area contributed by atoms with Crippen LogP contribution in [0, 0.1) is 11.6 Å². The summed E-state index contributed by atoms with van der Waals surface area (Å²) in [6, 6.07) is 3.02. The van der Waals surface area contributed by atoms with Crippen LogP contribution < -0.4 is 0 Å². The molecule has 1 aromatic carbocycles. The molecule has 1 aromatic rings. The van der Waals surface area contributed by atoms with E-state index in [4.69, 9.17) is 4.74 Å². The van der Waals surface area contributed by atoms with Crippen LogP contribution in [0.2, 0.25) is 0 Å². The number of hydrogen-bond donors (Lipinski definition) is 0. The Kier molecular flexibility index (Phi) is 7.85. The lowest BCUT2D eigenvalue weighted by Gasteiger charge is -2.05. The first-order valence-electron chi connectivity index (χ1n) is 7.27. The second-order valence-electron chi connectivity index (χ2n) is 4.89. The summed E-state index contributed by atoms with van der Waals surface area (Å²) in [5.41, 5.74) is 0.0480. The van der Waals surface area contributed by atoms with E-state index in [0.29, 0.717) is 6.61 Å². The first-order chi connectivity index (χ1) is 9.65. The largest absolute Gasteiger partial charge is 0.462 e. The van der Waals surface area contributed by atoms with Crippen LogP contribution in [-0.2, 0) is 4.74 Å². The van der Waals surface area contributed by atoms with Gasteiger partial charge in [0.05, 0.1) is 12.2 Å². The Balaban J connectivity index is 2.15. The van der Waals surface area contributed by atoms with E-state index < -0.39 is 17.6 Å². The van der Waals surface area contributed by atoms with Crippen LogP contribution in [0.3, 0.4) is 0 Å². The smallest absolute Gasteiger partial charge is 0.338 e. The molecule has 0 saturated heterocycles. The van der Waals surface area contributed by atoms with Gasteiger partial charge in [-0.15, -0.1) is 0 Å². The number of carbonyl (C=O) groups is 1. The Hall–Kier alpha value is -1.45. The lowest BCUT2D eigenvalue weighted by atomic mass is 10.1. The third kappa shape index (κ3) is 6.13. The molecule has 0 fully saturated rings. The minimum Gasteiger partial charge on any atom is -0.462 e. The molecule has 4 heteroatoms. The molecule has 0 aliphatic carbocycles. The summed E-state index contributed by atoms with van der Waals surface area (Å²) in [6.07, 6.45) is 7.94. The van der Waals surface area contributed by atoms with Gasteiger partial charge in [0, 0.05) is 0 Å². The first-order valence-corrected chi connectivity index (χ1v) is 7.27. The fraction of sp³-hybridized carbons (Fsp3) is 0.562. The summed E-state index contributed by atoms with van der Waals surface area (Å²) < 4.78 is 30.7. The quantitative estimate of drug-likeness (QED) is 0.477. The number of carbonyl (C=O) groups excluding carboxylic acids is 1. The van der Waals surface area contributed by atoms with Crippen molar-refractivity contribution in [3.8, 4) is 0 Å². The lowest BCUT2D eigenvalue weighted by molar-refractivity contribution is 0.0497. The highest BCUT2D eigenvalue weighted by molar-refractivity contribution is 5.89. The van der Waals surface area contributed by atoms with E-state index in [0.717, 1.165) is 31.4 Å². The number of benzene rings is 1. The van der Waals surface area contributed by atoms with Crippen LogP contribution in [0.15, 0.2) is 18.2 Å². The maximum absolute atomic E-state index is 12.9. The van der Waals surface area contributed by atoms with Gasteiger partial charge in [0.1, 0.15) is 0 Å². The zero-order valence-corrected chi connectivity index (χ0v) is 12.0. The number of hydrogen-bond acceptors (Lipinski definition) is 2. The summed E-state index contributed by atoms with van der Waals surface area (Å²) in [4.78, 5) is 11.6. The molecule has 0 N–H and O–H groups in total. The predicted octanol–water partition coefficient (Wildman–Crippen LogP) is 4.87. The van der Waals surface area contributed by atoms with E-state index >= 15 is 0 Å². The maximum Gasteiger partial charge on any atom is 0.338 e. The van der Waals surface area contributed by atoms with E-state index in [-0.39, 0.29) is 5.56 Å². The molecule has 0 aliphatic heterocycles. The summed E-state index contributed by atoms with van der Waals surface area (Å²) in [5, 5.41) is 0. The highest BCUT2D eigenvalue weighted by Gasteiger charge is 2.10. The molecule has 112 valence electrons. The highest BCUT2D eigenvalue weighted by Crippen LogP contribution is 2.11. The minimum atomic E-state index is -1.03. The number of rotatable bonds is 9. The second-order valence-corrected chi connectivity index (χ2v) is 4.89. The van der Waals surface area contributed by atoms with Gasteiger partial charge in [-0.3, -0.25) is 0 Å². The molecule has 0 saturated carbocycles. The van der Waals surface area contributed by atoms with Crippen LogP contribution >= 0.6 is 0 Å². The average Bonchev–Trinajstić information content (AvgIpc) is 2.44. The number of ether oxygens (including phenoxy) is 1. The lowest BCUT2D eigenvalue weighted by Crippen LogP contribution is -2.07. The molecule has 0 bridgehead atoms. The number of esters is 1. The van der Waals surface area contributed by atoms with Crippen molar-refractivity contribution in [2.24, 2.45) is 0 Å². The van der Waals surface area contributed by atoms with Crippen LogP contribution in [0.25, 0.3) is 0 Å². The van der Waals surface area contributed by atoms with Gasteiger partial charge in [0.15, 0.2) is 11.6 Å². The zero-order valence-electron chi connectivity index (χ0n) is 12.0. The third-order valence-corrected chi connectivity index (χ3v) is 3.14. The molecule has 0 aromatic heterocycles. The molecule has 20 heavy (non-hydrogen) atoms. The van der Waals surface area contributed by atoms with Gasteiger partial charge in [0.25, 0.3) is 0 Å². The van der Waals surface area contributed by atoms with Crippen molar-refractivity contribution in [2.75, 3.05) is 6.61 Å². The standard InChI is InChI=1S/C16H22F2O2/c1-2-3-4-5-6-7-8-11-20-16(19)13-9-10-14(17)15(18)12-13/h9-10,12H,2-8,11H2,1H3. The Morgan fingerprint density at radius 3 is 2.30 bits per heavy atom. The topological polar surface area (TPSA) is 26.3 Å². The molecule has 0 radical (unpaired) electrons. The van der Waals surface area contributed by atoms with Crippen molar-refractivity contribution in [3.63, 3.8) is 0 Å². The van der Waals surface area contributed by atoms with Crippen LogP contribution in [0.5, 0.6) is 0 Å². The molecular weight excluding hydrogens is 262 g/mol. The van der Waals surface area contributed by atoms with Gasteiger partial charge >= 0.3 is 5.97 Å². The summed E-state index contributed by atoms with van der Waals surface area (Å²) >= 11 is 0. The van der Waals surface area contributed by atoms with Crippen molar-refractivity contribution in [3.05, 3.63) is 35.4 Å². The second kappa shape index (κ2) is 9.45. The highest BCUT2D eigenvalue weighted by atomic mass is 19.2. The fourth-order valence-corrected chi connectivity index (χ4v) is 1.93. The Morgan fingerprint density at radius 1 is 1.00 bits per heavy atom. The molecule has 0 unspecified atom stereocenters. The Bertz CT molecular complexity index is 419. The molecular formula is C16H22F2O2. The van der Waals surface area contributed by atoms with Crippen LogP contribution in [-0.4, -0.2) is 12.6 Å². The maximum atomic E-state index is 12.9. The Morgan fingerprint density at radius 2 is 1.65 bits per heavy atom. The zero-order chi connectivity index (χ0) is 14.8. The number of halogens is 2. The molecule has 0 aliphatic rings. The van der Waals surface area contributed by atoms with Crippen molar-refractivity contribution in [1.82, 2.24) is 0 Å². The molecule has 2 nitrogen and oxygen atoms in total. The summed E-state index contributed by atoms with van der Waals surface area (Å²) in [5.74, 6) is -2.60. The monoisotopic (exact) mass is 284 g/mol. The normalized spacial score (nSPS) is 10.6. The SMILES string of the molecule is CCCCCCCCCOC(=O)c1ccc(F)c(F)c1. The average molecular weight is 284 g/mol. The van der Waals surface area contributed by atoms with Crippen LogP contribution in [0.1, 0.15) is 62.2 Å². The summed E-state index contributed by atoms with van der Waals surface area (Å²) in [7, 11) is 0. The Labute approximate surface area is 119 Å². The van der Waals surface area contributed by atoms with Gasteiger partial charge in [-0.2, -0.15) is 0 Å². The predicted molar refractivity (Wildman–Crippen MR) is 74.6 cm³/mol. The van der Waals surface area contributed by atoms with Gasteiger partial charge in [-0.1, -0.05) is 45.4 Å². The third-order valence-electron chi connectivity index (χ3n) is 3.14. The minimum absolute atomic E-state index is 0.0480. The molecule has 0 atom stereocenters. The van der Waals surface area contributed by atoms with E-state index in [2.05, 4.69) is 6.92 Å². The van der Waals surface area contributed by atoms with Gasteiger partial charge in [0.2, 0.25) is 0 Å². The molecule has 0 heterocycles. The van der Waals surface area contributed by atoms with Crippen molar-refractivity contribution < 1.29 is 18.3 Å². The fourth-order valence-electron chi connectivity index (χ4n) is 1.93. The van der Waals surface area contributed by atoms with Gasteiger partial charge in [-0.05, 0) is 24.6 Å². The molecule has 0 amide bonds. The molecule has 0 spiro atoms. The number of unbranched alkanes of at least 4 members (excludes halogenated alkanes) is 6. The van der Waals surface area contributed by atoms with E-state index in [9.17, 15) is 13.6 Å². The van der Waals surface area contributed by atoms with Crippen molar-refractivity contribution >= 4 is 5.97 Å². The molecule has 1 rings (SSSR count). The van der Waals surface area contributed by atoms with E-state index in [1.807, 2.05) is 0 Å². The van der Waals surface area contributed by atoms with Crippen LogP contribution in [0.4, 0.5) is 8.78 Å². The van der Waals surface area contributed by atoms with Gasteiger partial charge < -0.3 is 4.74 Å². The first kappa shape index (κ1) is 16.6.